The normalized spacial score (nSPS) is 10.8. The van der Waals surface area contributed by atoms with Gasteiger partial charge in [0.1, 0.15) is 11.3 Å². The van der Waals surface area contributed by atoms with Crippen molar-refractivity contribution in [2.75, 3.05) is 14.2 Å². The first-order valence-corrected chi connectivity index (χ1v) is 4.85. The summed E-state index contributed by atoms with van der Waals surface area (Å²) in [6, 6.07) is 2.87. The number of carbonyl (C=O) groups is 2. The summed E-state index contributed by atoms with van der Waals surface area (Å²) in [5.74, 6) is -2.71. The minimum Gasteiger partial charge on any atom is -0.465 e. The van der Waals surface area contributed by atoms with E-state index in [1.165, 1.54) is 0 Å². The number of methoxy groups -OCH3 is 2. The van der Waals surface area contributed by atoms with Crippen LogP contribution in [0.5, 0.6) is 5.75 Å². The molecule has 0 aliphatic heterocycles. The molecule has 19 heavy (non-hydrogen) atoms. The van der Waals surface area contributed by atoms with Gasteiger partial charge in [0.05, 0.1) is 19.8 Å². The summed E-state index contributed by atoms with van der Waals surface area (Å²) in [6.07, 6.45) is -5.00. The lowest BCUT2D eigenvalue weighted by atomic mass is 10.1. The van der Waals surface area contributed by atoms with E-state index in [1.54, 1.807) is 0 Å². The first-order valence-electron chi connectivity index (χ1n) is 4.85. The van der Waals surface area contributed by atoms with E-state index in [2.05, 4.69) is 14.2 Å². The highest BCUT2D eigenvalue weighted by Gasteiger charge is 2.33. The van der Waals surface area contributed by atoms with Gasteiger partial charge in [-0.05, 0) is 18.2 Å². The Hall–Kier alpha value is -2.25. The number of benzene rings is 1. The predicted octanol–water partition coefficient (Wildman–Crippen LogP) is 2.16. The Labute approximate surface area is 105 Å². The first-order chi connectivity index (χ1) is 8.78. The van der Waals surface area contributed by atoms with Gasteiger partial charge in [-0.15, -0.1) is 13.2 Å². The quantitative estimate of drug-likeness (QED) is 0.793. The fraction of sp³-hybridized carbons (Fsp3) is 0.273. The summed E-state index contributed by atoms with van der Waals surface area (Å²) < 4.78 is 49.0. The Balaban J connectivity index is 3.26. The standard InChI is InChI=1S/C11H9F3O5/c1-17-9(15)6-3-4-7(10(16)18-2)8(5-6)19-11(12,13)14/h3-5H,1-2H3. The molecule has 104 valence electrons. The maximum absolute atomic E-state index is 12.2. The third-order valence-electron chi connectivity index (χ3n) is 2.03. The molecule has 0 saturated carbocycles. The summed E-state index contributed by atoms with van der Waals surface area (Å²) in [5.41, 5.74) is -0.637. The molecule has 0 aliphatic rings. The summed E-state index contributed by atoms with van der Waals surface area (Å²) in [5, 5.41) is 0. The Morgan fingerprint density at radius 1 is 1.05 bits per heavy atom. The fourth-order valence-electron chi connectivity index (χ4n) is 1.25. The van der Waals surface area contributed by atoms with E-state index in [-0.39, 0.29) is 5.56 Å². The Morgan fingerprint density at radius 2 is 1.63 bits per heavy atom. The molecule has 0 amide bonds. The van der Waals surface area contributed by atoms with Crippen molar-refractivity contribution in [3.63, 3.8) is 0 Å². The predicted molar refractivity (Wildman–Crippen MR) is 55.8 cm³/mol. The minimum atomic E-state index is -5.00. The molecule has 5 nitrogen and oxygen atoms in total. The summed E-state index contributed by atoms with van der Waals surface area (Å²) in [4.78, 5) is 22.5. The molecule has 1 aromatic carbocycles. The van der Waals surface area contributed by atoms with Crippen molar-refractivity contribution in [3.8, 4) is 5.75 Å². The Kier molecular flexibility index (Phi) is 4.36. The fourth-order valence-corrected chi connectivity index (χ4v) is 1.25. The van der Waals surface area contributed by atoms with Gasteiger partial charge in [0.2, 0.25) is 0 Å². The van der Waals surface area contributed by atoms with Gasteiger partial charge in [0.15, 0.2) is 0 Å². The number of halogens is 3. The molecule has 0 N–H and O–H groups in total. The van der Waals surface area contributed by atoms with Crippen LogP contribution in [0.3, 0.4) is 0 Å². The number of hydrogen-bond donors (Lipinski definition) is 0. The van der Waals surface area contributed by atoms with Crippen LogP contribution in [-0.2, 0) is 9.47 Å². The molecule has 0 atom stereocenters. The largest absolute Gasteiger partial charge is 0.573 e. The highest BCUT2D eigenvalue weighted by atomic mass is 19.4. The zero-order chi connectivity index (χ0) is 14.6. The highest BCUT2D eigenvalue weighted by molar-refractivity contribution is 5.96. The lowest BCUT2D eigenvalue weighted by molar-refractivity contribution is -0.274. The lowest BCUT2D eigenvalue weighted by Gasteiger charge is -2.13. The van der Waals surface area contributed by atoms with Crippen LogP contribution in [-0.4, -0.2) is 32.5 Å². The van der Waals surface area contributed by atoms with E-state index in [9.17, 15) is 22.8 Å². The van der Waals surface area contributed by atoms with Gasteiger partial charge in [-0.2, -0.15) is 0 Å². The average Bonchev–Trinajstić information content (AvgIpc) is 2.35. The number of alkyl halides is 3. The molecule has 0 fully saturated rings. The van der Waals surface area contributed by atoms with Gasteiger partial charge in [-0.3, -0.25) is 0 Å². The third kappa shape index (κ3) is 3.87. The van der Waals surface area contributed by atoms with Crippen LogP contribution in [0, 0.1) is 0 Å². The third-order valence-corrected chi connectivity index (χ3v) is 2.03. The van der Waals surface area contributed by atoms with Crippen LogP contribution in [0.2, 0.25) is 0 Å². The second-order valence-electron chi connectivity index (χ2n) is 3.24. The number of carbonyl (C=O) groups excluding carboxylic acids is 2. The molecule has 0 bridgehead atoms. The van der Waals surface area contributed by atoms with Gasteiger partial charge in [0.25, 0.3) is 0 Å². The van der Waals surface area contributed by atoms with Gasteiger partial charge >= 0.3 is 18.3 Å². The van der Waals surface area contributed by atoms with Crippen molar-refractivity contribution >= 4 is 11.9 Å². The molecular formula is C11H9F3O5. The van der Waals surface area contributed by atoms with E-state index in [4.69, 9.17) is 0 Å². The van der Waals surface area contributed by atoms with Crippen LogP contribution in [0.15, 0.2) is 18.2 Å². The van der Waals surface area contributed by atoms with Crippen LogP contribution < -0.4 is 4.74 Å². The molecular weight excluding hydrogens is 269 g/mol. The van der Waals surface area contributed by atoms with Crippen molar-refractivity contribution < 1.29 is 37.0 Å². The van der Waals surface area contributed by atoms with E-state index in [0.717, 1.165) is 32.4 Å². The summed E-state index contributed by atoms with van der Waals surface area (Å²) in [7, 11) is 2.08. The molecule has 0 aliphatic carbocycles. The SMILES string of the molecule is COC(=O)c1ccc(C(=O)OC)c(OC(F)(F)F)c1. The van der Waals surface area contributed by atoms with E-state index >= 15 is 0 Å². The van der Waals surface area contributed by atoms with Crippen molar-refractivity contribution in [2.24, 2.45) is 0 Å². The zero-order valence-corrected chi connectivity index (χ0v) is 9.91. The lowest BCUT2D eigenvalue weighted by Crippen LogP contribution is -2.20. The second-order valence-corrected chi connectivity index (χ2v) is 3.24. The molecule has 0 radical (unpaired) electrons. The minimum absolute atomic E-state index is 0.186. The highest BCUT2D eigenvalue weighted by Crippen LogP contribution is 2.28. The monoisotopic (exact) mass is 278 g/mol. The van der Waals surface area contributed by atoms with Gasteiger partial charge in [0, 0.05) is 0 Å². The Morgan fingerprint density at radius 3 is 2.11 bits per heavy atom. The van der Waals surface area contributed by atoms with E-state index in [1.807, 2.05) is 0 Å². The maximum atomic E-state index is 12.2. The first kappa shape index (κ1) is 14.8. The topological polar surface area (TPSA) is 61.8 Å². The van der Waals surface area contributed by atoms with Crippen LogP contribution in [0.25, 0.3) is 0 Å². The molecule has 0 unspecified atom stereocenters. The van der Waals surface area contributed by atoms with Gasteiger partial charge in [-0.25, -0.2) is 9.59 Å². The molecule has 0 spiro atoms. The van der Waals surface area contributed by atoms with Crippen molar-refractivity contribution in [2.45, 2.75) is 6.36 Å². The number of rotatable bonds is 3. The van der Waals surface area contributed by atoms with Crippen molar-refractivity contribution in [3.05, 3.63) is 29.3 Å². The molecule has 0 aromatic heterocycles. The zero-order valence-electron chi connectivity index (χ0n) is 9.91. The number of esters is 2. The smallest absolute Gasteiger partial charge is 0.465 e. The average molecular weight is 278 g/mol. The summed E-state index contributed by atoms with van der Waals surface area (Å²) >= 11 is 0. The molecule has 0 heterocycles. The molecule has 1 aromatic rings. The van der Waals surface area contributed by atoms with Crippen molar-refractivity contribution in [1.29, 1.82) is 0 Å². The van der Waals surface area contributed by atoms with Gasteiger partial charge in [-0.1, -0.05) is 0 Å². The Bertz CT molecular complexity index is 496. The van der Waals surface area contributed by atoms with Gasteiger partial charge < -0.3 is 14.2 Å². The number of ether oxygens (including phenoxy) is 3. The molecule has 0 saturated heterocycles. The molecule has 8 heteroatoms. The van der Waals surface area contributed by atoms with E-state index in [0.29, 0.717) is 0 Å². The number of hydrogen-bond acceptors (Lipinski definition) is 5. The molecule has 1 rings (SSSR count). The maximum Gasteiger partial charge on any atom is 0.573 e. The van der Waals surface area contributed by atoms with Crippen LogP contribution >= 0.6 is 0 Å². The summed E-state index contributed by atoms with van der Waals surface area (Å²) in [6.45, 7) is 0. The van der Waals surface area contributed by atoms with Crippen LogP contribution in [0.1, 0.15) is 20.7 Å². The van der Waals surface area contributed by atoms with Crippen LogP contribution in [0.4, 0.5) is 13.2 Å². The second kappa shape index (κ2) is 5.59. The van der Waals surface area contributed by atoms with E-state index < -0.39 is 29.6 Å². The van der Waals surface area contributed by atoms with Crippen molar-refractivity contribution in [1.82, 2.24) is 0 Å².